The molecule has 2 aliphatic carbocycles. The maximum atomic E-state index is 6.07. The number of nitrogens with two attached hydrogens (primary N) is 1. The minimum absolute atomic E-state index is 0.0898. The maximum Gasteiger partial charge on any atom is 0.115 e. The monoisotopic (exact) mass is 287 g/mol. The van der Waals surface area contributed by atoms with Crippen LogP contribution in [0.15, 0.2) is 60.4 Å². The Kier molecular flexibility index (Phi) is 5.17. The van der Waals surface area contributed by atoms with E-state index in [4.69, 9.17) is 10.5 Å². The van der Waals surface area contributed by atoms with Crippen LogP contribution in [0.2, 0.25) is 0 Å². The molecular weight excluding hydrogens is 262 g/mol. The first-order valence-corrected chi connectivity index (χ1v) is 7.32. The smallest absolute Gasteiger partial charge is 0.115 e. The number of nitrogens with one attached hydrogen (secondary N) is 2. The standard InChI is InChI=1S/C17H25N3O/c1-19-16(9-4-3-5-10-16)11-6-14-21-15-7-12-17(18,20-2)13-8-15/h3-9,11-12,19-20H,10,13-14,18H2,1-2H3/b11-6+. The lowest BCUT2D eigenvalue weighted by Gasteiger charge is -2.28. The maximum absolute atomic E-state index is 6.07. The molecule has 2 rings (SSSR count). The van der Waals surface area contributed by atoms with Gasteiger partial charge in [0.1, 0.15) is 12.4 Å². The van der Waals surface area contributed by atoms with Crippen molar-refractivity contribution < 1.29 is 4.74 Å². The van der Waals surface area contributed by atoms with Crippen molar-refractivity contribution in [2.24, 2.45) is 5.73 Å². The van der Waals surface area contributed by atoms with Crippen LogP contribution in [-0.2, 0) is 4.74 Å². The highest BCUT2D eigenvalue weighted by Crippen LogP contribution is 2.19. The third-order valence-electron chi connectivity index (χ3n) is 3.97. The van der Waals surface area contributed by atoms with Gasteiger partial charge in [-0.3, -0.25) is 5.32 Å². The predicted octanol–water partition coefficient (Wildman–Crippen LogP) is 1.75. The van der Waals surface area contributed by atoms with Crippen LogP contribution >= 0.6 is 0 Å². The molecule has 4 heteroatoms. The van der Waals surface area contributed by atoms with Crippen molar-refractivity contribution in [1.29, 1.82) is 0 Å². The van der Waals surface area contributed by atoms with Crippen LogP contribution in [-0.4, -0.2) is 31.9 Å². The van der Waals surface area contributed by atoms with E-state index in [1.165, 1.54) is 0 Å². The van der Waals surface area contributed by atoms with Crippen molar-refractivity contribution >= 4 is 0 Å². The number of hydrogen-bond acceptors (Lipinski definition) is 4. The van der Waals surface area contributed by atoms with Crippen molar-refractivity contribution in [3.8, 4) is 0 Å². The van der Waals surface area contributed by atoms with Gasteiger partial charge in [0.25, 0.3) is 0 Å². The fourth-order valence-corrected chi connectivity index (χ4v) is 2.36. The van der Waals surface area contributed by atoms with E-state index in [1.54, 1.807) is 0 Å². The molecule has 0 aromatic heterocycles. The zero-order valence-corrected chi connectivity index (χ0v) is 12.8. The normalized spacial score (nSPS) is 31.7. The Bertz CT molecular complexity index is 504. The highest BCUT2D eigenvalue weighted by atomic mass is 16.5. The van der Waals surface area contributed by atoms with Gasteiger partial charge in [-0.05, 0) is 44.8 Å². The van der Waals surface area contributed by atoms with Crippen LogP contribution in [0.4, 0.5) is 0 Å². The lowest BCUT2D eigenvalue weighted by Crippen LogP contribution is -2.50. The van der Waals surface area contributed by atoms with Crippen LogP contribution in [0.5, 0.6) is 0 Å². The first-order chi connectivity index (χ1) is 10.1. The second-order valence-electron chi connectivity index (χ2n) is 5.43. The molecule has 0 spiro atoms. The molecule has 0 aliphatic heterocycles. The second kappa shape index (κ2) is 6.89. The van der Waals surface area contributed by atoms with Gasteiger partial charge in [-0.1, -0.05) is 30.4 Å². The molecule has 0 saturated carbocycles. The zero-order valence-electron chi connectivity index (χ0n) is 12.8. The Morgan fingerprint density at radius 1 is 1.24 bits per heavy atom. The predicted molar refractivity (Wildman–Crippen MR) is 87.6 cm³/mol. The Balaban J connectivity index is 1.82. The fraction of sp³-hybridized carbons (Fsp3) is 0.412. The van der Waals surface area contributed by atoms with Gasteiger partial charge in [-0.2, -0.15) is 0 Å². The summed E-state index contributed by atoms with van der Waals surface area (Å²) in [5, 5.41) is 6.42. The van der Waals surface area contributed by atoms with E-state index in [-0.39, 0.29) is 5.54 Å². The van der Waals surface area contributed by atoms with Crippen molar-refractivity contribution in [3.63, 3.8) is 0 Å². The molecule has 0 saturated heterocycles. The average Bonchev–Trinajstić information content (AvgIpc) is 2.54. The third kappa shape index (κ3) is 4.17. The summed E-state index contributed by atoms with van der Waals surface area (Å²) in [6.07, 6.45) is 20.2. The Morgan fingerprint density at radius 3 is 2.67 bits per heavy atom. The van der Waals surface area contributed by atoms with E-state index in [0.29, 0.717) is 6.61 Å². The topological polar surface area (TPSA) is 59.3 Å². The summed E-state index contributed by atoms with van der Waals surface area (Å²) in [6.45, 7) is 0.550. The highest BCUT2D eigenvalue weighted by Gasteiger charge is 2.21. The van der Waals surface area contributed by atoms with Crippen LogP contribution in [0, 0.1) is 0 Å². The van der Waals surface area contributed by atoms with E-state index >= 15 is 0 Å². The first-order valence-electron chi connectivity index (χ1n) is 7.32. The van der Waals surface area contributed by atoms with Crippen LogP contribution < -0.4 is 16.4 Å². The van der Waals surface area contributed by atoms with Crippen molar-refractivity contribution in [1.82, 2.24) is 10.6 Å². The highest BCUT2D eigenvalue weighted by molar-refractivity contribution is 5.28. The molecule has 4 N–H and O–H groups in total. The van der Waals surface area contributed by atoms with Crippen molar-refractivity contribution in [2.75, 3.05) is 20.7 Å². The van der Waals surface area contributed by atoms with E-state index < -0.39 is 5.66 Å². The van der Waals surface area contributed by atoms with Gasteiger partial charge in [0.05, 0.1) is 11.2 Å². The molecule has 0 aromatic rings. The van der Waals surface area contributed by atoms with Gasteiger partial charge in [0, 0.05) is 6.42 Å². The van der Waals surface area contributed by atoms with E-state index in [0.717, 1.165) is 18.6 Å². The molecule has 0 bridgehead atoms. The van der Waals surface area contributed by atoms with Crippen molar-refractivity contribution in [3.05, 3.63) is 60.4 Å². The molecule has 0 amide bonds. The van der Waals surface area contributed by atoms with Crippen LogP contribution in [0.1, 0.15) is 12.8 Å². The number of ether oxygens (including phenoxy) is 1. The quantitative estimate of drug-likeness (QED) is 0.514. The number of likely N-dealkylation sites (N-methyl/N-ethyl adjacent to an activating group) is 2. The molecule has 21 heavy (non-hydrogen) atoms. The summed E-state index contributed by atoms with van der Waals surface area (Å²) in [7, 11) is 3.83. The molecule has 2 unspecified atom stereocenters. The van der Waals surface area contributed by atoms with E-state index in [9.17, 15) is 0 Å². The molecule has 4 nitrogen and oxygen atoms in total. The largest absolute Gasteiger partial charge is 0.490 e. The molecule has 0 aromatic carbocycles. The summed E-state index contributed by atoms with van der Waals surface area (Å²) in [5.41, 5.74) is 5.54. The SMILES string of the molecule is CNC1(N)C=CC(OC/C=C/C2(NC)C=CC=CC2)=CC1. The molecule has 0 radical (unpaired) electrons. The fourth-order valence-electron chi connectivity index (χ4n) is 2.36. The first kappa shape index (κ1) is 15.8. The Hall–Kier alpha value is -1.62. The van der Waals surface area contributed by atoms with Gasteiger partial charge >= 0.3 is 0 Å². The Morgan fingerprint density at radius 2 is 2.10 bits per heavy atom. The summed E-state index contributed by atoms with van der Waals surface area (Å²) < 4.78 is 5.74. The average molecular weight is 287 g/mol. The molecule has 0 heterocycles. The van der Waals surface area contributed by atoms with Gasteiger partial charge in [0.2, 0.25) is 0 Å². The summed E-state index contributed by atoms with van der Waals surface area (Å²) in [4.78, 5) is 0. The number of hydrogen-bond donors (Lipinski definition) is 3. The van der Waals surface area contributed by atoms with Gasteiger partial charge < -0.3 is 15.8 Å². The number of allylic oxidation sites excluding steroid dienone is 3. The minimum Gasteiger partial charge on any atom is -0.490 e. The van der Waals surface area contributed by atoms with Gasteiger partial charge in [-0.15, -0.1) is 0 Å². The Labute approximate surface area is 127 Å². The summed E-state index contributed by atoms with van der Waals surface area (Å²) in [5.74, 6) is 0.869. The van der Waals surface area contributed by atoms with Gasteiger partial charge in [-0.25, -0.2) is 0 Å². The minimum atomic E-state index is -0.446. The van der Waals surface area contributed by atoms with E-state index in [1.807, 2.05) is 32.3 Å². The third-order valence-corrected chi connectivity index (χ3v) is 3.97. The molecule has 0 fully saturated rings. The molecule has 114 valence electrons. The van der Waals surface area contributed by atoms with E-state index in [2.05, 4.69) is 47.1 Å². The van der Waals surface area contributed by atoms with Crippen LogP contribution in [0.3, 0.4) is 0 Å². The second-order valence-corrected chi connectivity index (χ2v) is 5.43. The lowest BCUT2D eigenvalue weighted by molar-refractivity contribution is 0.254. The summed E-state index contributed by atoms with van der Waals surface area (Å²) in [6, 6.07) is 0. The van der Waals surface area contributed by atoms with Crippen LogP contribution in [0.25, 0.3) is 0 Å². The summed E-state index contributed by atoms with van der Waals surface area (Å²) >= 11 is 0. The van der Waals surface area contributed by atoms with Crippen molar-refractivity contribution in [2.45, 2.75) is 24.0 Å². The number of rotatable bonds is 6. The van der Waals surface area contributed by atoms with Gasteiger partial charge in [0.15, 0.2) is 0 Å². The zero-order chi connectivity index (χ0) is 15.2. The molecule has 2 atom stereocenters. The molecular formula is C17H25N3O. The lowest BCUT2D eigenvalue weighted by atomic mass is 9.91. The molecule has 2 aliphatic rings.